The quantitative estimate of drug-likeness (QED) is 0.515. The van der Waals surface area contributed by atoms with Crippen molar-refractivity contribution in [3.8, 4) is 17.1 Å². The van der Waals surface area contributed by atoms with E-state index in [-0.39, 0.29) is 5.91 Å². The number of halogens is 1. The van der Waals surface area contributed by atoms with Crippen molar-refractivity contribution in [3.05, 3.63) is 77.6 Å². The van der Waals surface area contributed by atoms with Crippen LogP contribution in [-0.2, 0) is 13.0 Å². The number of hydrogen-bond donors (Lipinski definition) is 1. The third kappa shape index (κ3) is 3.68. The number of aryl methyl sites for hydroxylation is 1. The molecule has 0 unspecified atom stereocenters. The molecule has 3 heterocycles. The minimum absolute atomic E-state index is 0.303. The molecule has 8 heteroatoms. The van der Waals surface area contributed by atoms with Gasteiger partial charge in [0.25, 0.3) is 5.91 Å². The number of fused-ring (bicyclic) bond motifs is 1. The first-order chi connectivity index (χ1) is 15.6. The lowest BCUT2D eigenvalue weighted by Gasteiger charge is -2.11. The first-order valence-corrected chi connectivity index (χ1v) is 10.8. The number of amides is 1. The molecule has 0 saturated carbocycles. The van der Waals surface area contributed by atoms with Crippen LogP contribution in [-0.4, -0.2) is 30.5 Å². The molecule has 0 fully saturated rings. The van der Waals surface area contributed by atoms with Gasteiger partial charge in [0.2, 0.25) is 0 Å². The highest BCUT2D eigenvalue weighted by Crippen LogP contribution is 2.28. The topological polar surface area (TPSA) is 77.6 Å². The number of nitrogens with one attached hydrogen (secondary N) is 1. The fourth-order valence-corrected chi connectivity index (χ4v) is 4.12. The minimum Gasteiger partial charge on any atom is -0.322 e. The summed E-state index contributed by atoms with van der Waals surface area (Å²) in [6, 6.07) is 14.1. The minimum atomic E-state index is -0.393. The molecule has 1 aliphatic heterocycles. The van der Waals surface area contributed by atoms with Gasteiger partial charge in [-0.15, -0.1) is 10.2 Å². The van der Waals surface area contributed by atoms with Crippen LogP contribution >= 0.6 is 0 Å². The maximum absolute atomic E-state index is 14.7. The van der Waals surface area contributed by atoms with E-state index in [1.807, 2.05) is 41.8 Å². The Morgan fingerprint density at radius 1 is 1.06 bits per heavy atom. The van der Waals surface area contributed by atoms with Crippen LogP contribution in [0.4, 0.5) is 10.1 Å². The maximum Gasteiger partial charge on any atom is 0.259 e. The molecule has 0 radical (unpaired) electrons. The Hall–Kier alpha value is -3.81. The second kappa shape index (κ2) is 8.37. The van der Waals surface area contributed by atoms with Crippen LogP contribution < -0.4 is 5.32 Å². The molecule has 0 bridgehead atoms. The SMILES string of the molecule is Cc1c(C(=O)Nc2ccc(F)c(-c3nnc4n3CCCCC4)c2)cnn1-c1ccccc1. The van der Waals surface area contributed by atoms with Crippen molar-refractivity contribution < 1.29 is 9.18 Å². The molecule has 2 aromatic carbocycles. The Morgan fingerprint density at radius 2 is 1.91 bits per heavy atom. The van der Waals surface area contributed by atoms with E-state index < -0.39 is 5.82 Å². The van der Waals surface area contributed by atoms with Gasteiger partial charge in [0.05, 0.1) is 28.7 Å². The van der Waals surface area contributed by atoms with E-state index in [1.54, 1.807) is 23.0 Å². The van der Waals surface area contributed by atoms with Gasteiger partial charge in [-0.05, 0) is 50.1 Å². The summed E-state index contributed by atoms with van der Waals surface area (Å²) in [4.78, 5) is 12.9. The summed E-state index contributed by atoms with van der Waals surface area (Å²) < 4.78 is 18.4. The molecule has 1 amide bonds. The zero-order valence-corrected chi connectivity index (χ0v) is 17.8. The summed E-state index contributed by atoms with van der Waals surface area (Å²) in [5.41, 5.74) is 2.87. The Morgan fingerprint density at radius 3 is 2.75 bits per heavy atom. The molecule has 162 valence electrons. The molecule has 0 saturated heterocycles. The van der Waals surface area contributed by atoms with Crippen molar-refractivity contribution in [1.29, 1.82) is 0 Å². The van der Waals surface area contributed by atoms with Gasteiger partial charge in [0.1, 0.15) is 11.6 Å². The Kier molecular flexibility index (Phi) is 5.26. The van der Waals surface area contributed by atoms with E-state index in [0.29, 0.717) is 22.6 Å². The van der Waals surface area contributed by atoms with Gasteiger partial charge in [-0.3, -0.25) is 4.79 Å². The second-order valence-corrected chi connectivity index (χ2v) is 7.94. The standard InChI is InChI=1S/C24H23FN6O/c1-16-20(15-26-31(16)18-8-4-2-5-9-18)24(32)27-17-11-12-21(25)19(14-17)23-29-28-22-10-6-3-7-13-30(22)23/h2,4-5,8-9,11-12,14-15H,3,6-7,10,13H2,1H3,(H,27,32). The second-order valence-electron chi connectivity index (χ2n) is 7.94. The van der Waals surface area contributed by atoms with Crippen LogP contribution in [0.25, 0.3) is 17.1 Å². The van der Waals surface area contributed by atoms with Crippen molar-refractivity contribution in [2.24, 2.45) is 0 Å². The first-order valence-electron chi connectivity index (χ1n) is 10.8. The molecular formula is C24H23FN6O. The van der Waals surface area contributed by atoms with E-state index >= 15 is 0 Å². The predicted molar refractivity (Wildman–Crippen MR) is 119 cm³/mol. The monoisotopic (exact) mass is 430 g/mol. The first kappa shape index (κ1) is 20.1. The summed E-state index contributed by atoms with van der Waals surface area (Å²) in [6.07, 6.45) is 5.58. The molecule has 1 aliphatic rings. The largest absolute Gasteiger partial charge is 0.322 e. The fourth-order valence-electron chi connectivity index (χ4n) is 4.12. The van der Waals surface area contributed by atoms with Crippen molar-refractivity contribution in [2.75, 3.05) is 5.32 Å². The van der Waals surface area contributed by atoms with Gasteiger partial charge in [-0.1, -0.05) is 24.6 Å². The number of benzene rings is 2. The zero-order chi connectivity index (χ0) is 22.1. The lowest BCUT2D eigenvalue weighted by molar-refractivity contribution is 0.102. The van der Waals surface area contributed by atoms with Gasteiger partial charge in [-0.2, -0.15) is 5.10 Å². The van der Waals surface area contributed by atoms with Crippen LogP contribution in [0.15, 0.2) is 54.7 Å². The van der Waals surface area contributed by atoms with E-state index in [4.69, 9.17) is 0 Å². The number of rotatable bonds is 4. The molecule has 0 spiro atoms. The Bertz CT molecular complexity index is 1280. The molecule has 1 N–H and O–H groups in total. The molecule has 4 aromatic rings. The van der Waals surface area contributed by atoms with Crippen LogP contribution in [0.3, 0.4) is 0 Å². The number of nitrogens with zero attached hydrogens (tertiary/aromatic N) is 5. The average molecular weight is 430 g/mol. The average Bonchev–Trinajstić information content (AvgIpc) is 3.31. The Labute approximate surface area is 184 Å². The van der Waals surface area contributed by atoms with E-state index in [1.165, 1.54) is 6.07 Å². The van der Waals surface area contributed by atoms with Crippen molar-refractivity contribution >= 4 is 11.6 Å². The lowest BCUT2D eigenvalue weighted by atomic mass is 10.1. The van der Waals surface area contributed by atoms with Crippen LogP contribution in [0.1, 0.15) is 41.1 Å². The van der Waals surface area contributed by atoms with Crippen LogP contribution in [0.2, 0.25) is 0 Å². The number of carbonyl (C=O) groups excluding carboxylic acids is 1. The summed E-state index contributed by atoms with van der Waals surface area (Å²) in [5, 5.41) is 15.7. The van der Waals surface area contributed by atoms with Crippen LogP contribution in [0.5, 0.6) is 0 Å². The van der Waals surface area contributed by atoms with Crippen LogP contribution in [0, 0.1) is 12.7 Å². The van der Waals surface area contributed by atoms with E-state index in [9.17, 15) is 9.18 Å². The van der Waals surface area contributed by atoms with Gasteiger partial charge in [0.15, 0.2) is 5.82 Å². The van der Waals surface area contributed by atoms with E-state index in [0.717, 1.165) is 49.4 Å². The summed E-state index contributed by atoms with van der Waals surface area (Å²) in [7, 11) is 0. The summed E-state index contributed by atoms with van der Waals surface area (Å²) in [6.45, 7) is 2.61. The maximum atomic E-state index is 14.7. The highest BCUT2D eigenvalue weighted by molar-refractivity contribution is 6.05. The number of carbonyl (C=O) groups is 1. The summed E-state index contributed by atoms with van der Waals surface area (Å²) in [5.74, 6) is 0.691. The lowest BCUT2D eigenvalue weighted by Crippen LogP contribution is -2.13. The molecular weight excluding hydrogens is 407 g/mol. The molecule has 32 heavy (non-hydrogen) atoms. The third-order valence-electron chi connectivity index (χ3n) is 5.83. The molecule has 0 atom stereocenters. The van der Waals surface area contributed by atoms with Gasteiger partial charge in [0, 0.05) is 18.7 Å². The van der Waals surface area contributed by atoms with Crippen molar-refractivity contribution in [3.63, 3.8) is 0 Å². The molecule has 5 rings (SSSR count). The normalized spacial score (nSPS) is 13.4. The predicted octanol–water partition coefficient (Wildman–Crippen LogP) is 4.56. The number of anilines is 1. The third-order valence-corrected chi connectivity index (χ3v) is 5.83. The van der Waals surface area contributed by atoms with Crippen molar-refractivity contribution in [1.82, 2.24) is 24.5 Å². The number of para-hydroxylation sites is 1. The molecule has 0 aliphatic carbocycles. The van der Waals surface area contributed by atoms with Gasteiger partial charge >= 0.3 is 0 Å². The van der Waals surface area contributed by atoms with Gasteiger partial charge < -0.3 is 9.88 Å². The zero-order valence-electron chi connectivity index (χ0n) is 17.8. The molecule has 7 nitrogen and oxygen atoms in total. The number of aromatic nitrogens is 5. The molecule has 2 aromatic heterocycles. The van der Waals surface area contributed by atoms with Gasteiger partial charge in [-0.25, -0.2) is 9.07 Å². The summed E-state index contributed by atoms with van der Waals surface area (Å²) >= 11 is 0. The number of hydrogen-bond acceptors (Lipinski definition) is 4. The Balaban J connectivity index is 1.42. The van der Waals surface area contributed by atoms with Crippen molar-refractivity contribution in [2.45, 2.75) is 39.2 Å². The highest BCUT2D eigenvalue weighted by atomic mass is 19.1. The smallest absolute Gasteiger partial charge is 0.259 e. The van der Waals surface area contributed by atoms with E-state index in [2.05, 4.69) is 20.6 Å². The highest BCUT2D eigenvalue weighted by Gasteiger charge is 2.20. The fraction of sp³-hybridized carbons (Fsp3) is 0.250.